The van der Waals surface area contributed by atoms with Crippen molar-refractivity contribution in [3.8, 4) is 5.75 Å². The number of esters is 1. The minimum Gasteiger partial charge on any atom is -0.426 e. The molecule has 0 fully saturated rings. The minimum absolute atomic E-state index is 0.00804. The van der Waals surface area contributed by atoms with Crippen LogP contribution in [-0.2, 0) is 11.2 Å². The van der Waals surface area contributed by atoms with E-state index in [9.17, 15) is 4.79 Å². The van der Waals surface area contributed by atoms with Crippen LogP contribution < -0.4 is 16.2 Å². The van der Waals surface area contributed by atoms with Crippen LogP contribution in [0, 0.1) is 5.92 Å². The molecule has 0 heterocycles. The third kappa shape index (κ3) is 4.63. The number of benzene rings is 2. The van der Waals surface area contributed by atoms with Gasteiger partial charge in [-0.25, -0.2) is 4.99 Å². The van der Waals surface area contributed by atoms with Crippen LogP contribution >= 0.6 is 0 Å². The summed E-state index contributed by atoms with van der Waals surface area (Å²) in [6, 6.07) is 16.5. The van der Waals surface area contributed by atoms with Crippen molar-refractivity contribution in [2.24, 2.45) is 22.4 Å². The molecule has 0 aliphatic rings. The van der Waals surface area contributed by atoms with Crippen LogP contribution in [0.2, 0.25) is 0 Å². The van der Waals surface area contributed by atoms with E-state index in [1.165, 1.54) is 0 Å². The number of guanidine groups is 1. The summed E-state index contributed by atoms with van der Waals surface area (Å²) < 4.78 is 5.34. The summed E-state index contributed by atoms with van der Waals surface area (Å²) in [5.41, 5.74) is 12.4. The Morgan fingerprint density at radius 1 is 1.14 bits per heavy atom. The maximum absolute atomic E-state index is 12.1. The van der Waals surface area contributed by atoms with Gasteiger partial charge in [0.15, 0.2) is 5.96 Å². The van der Waals surface area contributed by atoms with Gasteiger partial charge < -0.3 is 16.2 Å². The van der Waals surface area contributed by atoms with E-state index in [4.69, 9.17) is 16.2 Å². The van der Waals surface area contributed by atoms with E-state index in [0.717, 1.165) is 5.56 Å². The second-order valence-corrected chi connectivity index (χ2v) is 5.05. The molecule has 0 radical (unpaired) electrons. The van der Waals surface area contributed by atoms with Crippen LogP contribution in [0.25, 0.3) is 0 Å². The van der Waals surface area contributed by atoms with Crippen molar-refractivity contribution in [2.75, 3.05) is 0 Å². The summed E-state index contributed by atoms with van der Waals surface area (Å²) >= 11 is 0. The SMILES string of the molecule is CC(Cc1cccc(N=C(N)N)c1)C(=O)Oc1ccccc1. The average molecular weight is 297 g/mol. The maximum atomic E-state index is 12.1. The number of para-hydroxylation sites is 1. The van der Waals surface area contributed by atoms with Crippen molar-refractivity contribution in [2.45, 2.75) is 13.3 Å². The van der Waals surface area contributed by atoms with Gasteiger partial charge in [-0.15, -0.1) is 0 Å². The van der Waals surface area contributed by atoms with E-state index in [1.807, 2.05) is 43.3 Å². The maximum Gasteiger partial charge on any atom is 0.314 e. The van der Waals surface area contributed by atoms with Gasteiger partial charge in [-0.2, -0.15) is 0 Å². The first kappa shape index (κ1) is 15.6. The standard InChI is InChI=1S/C17H19N3O2/c1-12(16(21)22-15-8-3-2-4-9-15)10-13-6-5-7-14(11-13)20-17(18)19/h2-9,11-12H,10H2,1H3,(H4,18,19,20). The Morgan fingerprint density at radius 2 is 1.86 bits per heavy atom. The quantitative estimate of drug-likeness (QED) is 0.383. The summed E-state index contributed by atoms with van der Waals surface area (Å²) in [5, 5.41) is 0. The highest BCUT2D eigenvalue weighted by Crippen LogP contribution is 2.18. The Bertz CT molecular complexity index is 665. The Labute approximate surface area is 129 Å². The molecule has 5 nitrogen and oxygen atoms in total. The highest BCUT2D eigenvalue weighted by atomic mass is 16.5. The molecule has 4 N–H and O–H groups in total. The molecule has 2 rings (SSSR count). The summed E-state index contributed by atoms with van der Waals surface area (Å²) in [6.07, 6.45) is 0.555. The molecule has 114 valence electrons. The third-order valence-electron chi connectivity index (χ3n) is 3.07. The molecular formula is C17H19N3O2. The lowest BCUT2D eigenvalue weighted by Crippen LogP contribution is -2.22. The Balaban J connectivity index is 2.01. The van der Waals surface area contributed by atoms with Crippen molar-refractivity contribution in [3.63, 3.8) is 0 Å². The van der Waals surface area contributed by atoms with Gasteiger partial charge in [0.05, 0.1) is 11.6 Å². The van der Waals surface area contributed by atoms with Gasteiger partial charge in [0.1, 0.15) is 5.75 Å². The number of hydrogen-bond acceptors (Lipinski definition) is 3. The first-order valence-electron chi connectivity index (χ1n) is 7.00. The molecule has 0 saturated heterocycles. The van der Waals surface area contributed by atoms with Gasteiger partial charge in [0, 0.05) is 0 Å². The lowest BCUT2D eigenvalue weighted by atomic mass is 10.0. The number of rotatable bonds is 5. The van der Waals surface area contributed by atoms with Crippen molar-refractivity contribution in [1.82, 2.24) is 0 Å². The molecule has 0 aliphatic heterocycles. The number of carbonyl (C=O) groups excluding carboxylic acids is 1. The number of aliphatic imine (C=N–C) groups is 1. The van der Waals surface area contributed by atoms with Gasteiger partial charge in [-0.3, -0.25) is 4.79 Å². The van der Waals surface area contributed by atoms with Gasteiger partial charge in [-0.05, 0) is 36.2 Å². The summed E-state index contributed by atoms with van der Waals surface area (Å²) in [6.45, 7) is 1.83. The second kappa shape index (κ2) is 7.26. The Morgan fingerprint density at radius 3 is 2.55 bits per heavy atom. The van der Waals surface area contributed by atoms with Gasteiger partial charge in [-0.1, -0.05) is 37.3 Å². The zero-order valence-corrected chi connectivity index (χ0v) is 12.4. The van der Waals surface area contributed by atoms with Gasteiger partial charge in [0.25, 0.3) is 0 Å². The molecule has 0 spiro atoms. The molecule has 2 aromatic carbocycles. The molecule has 0 bridgehead atoms. The molecular weight excluding hydrogens is 278 g/mol. The fourth-order valence-corrected chi connectivity index (χ4v) is 2.04. The van der Waals surface area contributed by atoms with Crippen molar-refractivity contribution >= 4 is 17.6 Å². The molecule has 0 amide bonds. The minimum atomic E-state index is -0.269. The number of hydrogen-bond donors (Lipinski definition) is 2. The van der Waals surface area contributed by atoms with Crippen LogP contribution in [-0.4, -0.2) is 11.9 Å². The number of nitrogens with zero attached hydrogens (tertiary/aromatic N) is 1. The van der Waals surface area contributed by atoms with E-state index < -0.39 is 0 Å². The highest BCUT2D eigenvalue weighted by molar-refractivity contribution is 5.79. The zero-order valence-electron chi connectivity index (χ0n) is 12.4. The van der Waals surface area contributed by atoms with Crippen LogP contribution in [0.1, 0.15) is 12.5 Å². The molecule has 5 heteroatoms. The monoisotopic (exact) mass is 297 g/mol. The van der Waals surface area contributed by atoms with E-state index in [2.05, 4.69) is 4.99 Å². The zero-order chi connectivity index (χ0) is 15.9. The van der Waals surface area contributed by atoms with Crippen molar-refractivity contribution in [3.05, 3.63) is 60.2 Å². The average Bonchev–Trinajstić information content (AvgIpc) is 2.48. The first-order chi connectivity index (χ1) is 10.5. The summed E-state index contributed by atoms with van der Waals surface area (Å²) in [4.78, 5) is 16.1. The Hall–Kier alpha value is -2.82. The molecule has 0 aromatic heterocycles. The van der Waals surface area contributed by atoms with E-state index in [0.29, 0.717) is 17.9 Å². The smallest absolute Gasteiger partial charge is 0.314 e. The van der Waals surface area contributed by atoms with Gasteiger partial charge in [0.2, 0.25) is 0 Å². The number of carbonyl (C=O) groups is 1. The predicted molar refractivity (Wildman–Crippen MR) is 86.9 cm³/mol. The predicted octanol–water partition coefficient (Wildman–Crippen LogP) is 2.38. The summed E-state index contributed by atoms with van der Waals surface area (Å²) in [7, 11) is 0. The highest BCUT2D eigenvalue weighted by Gasteiger charge is 2.16. The molecule has 0 saturated carbocycles. The van der Waals surface area contributed by atoms with Crippen LogP contribution in [0.5, 0.6) is 5.75 Å². The van der Waals surface area contributed by atoms with Crippen LogP contribution in [0.4, 0.5) is 5.69 Å². The van der Waals surface area contributed by atoms with E-state index in [-0.39, 0.29) is 17.8 Å². The molecule has 1 unspecified atom stereocenters. The number of ether oxygens (including phenoxy) is 1. The molecule has 22 heavy (non-hydrogen) atoms. The topological polar surface area (TPSA) is 90.7 Å². The molecule has 2 aromatic rings. The van der Waals surface area contributed by atoms with E-state index >= 15 is 0 Å². The van der Waals surface area contributed by atoms with Gasteiger partial charge >= 0.3 is 5.97 Å². The normalized spacial score (nSPS) is 11.5. The van der Waals surface area contributed by atoms with Crippen LogP contribution in [0.3, 0.4) is 0 Å². The lowest BCUT2D eigenvalue weighted by molar-refractivity contribution is -0.138. The lowest BCUT2D eigenvalue weighted by Gasteiger charge is -2.11. The fraction of sp³-hybridized carbons (Fsp3) is 0.176. The third-order valence-corrected chi connectivity index (χ3v) is 3.07. The van der Waals surface area contributed by atoms with Crippen molar-refractivity contribution in [1.29, 1.82) is 0 Å². The number of nitrogens with two attached hydrogens (primary N) is 2. The molecule has 1 atom stereocenters. The molecule has 0 aliphatic carbocycles. The van der Waals surface area contributed by atoms with Crippen molar-refractivity contribution < 1.29 is 9.53 Å². The van der Waals surface area contributed by atoms with E-state index in [1.54, 1.807) is 18.2 Å². The fourth-order valence-electron chi connectivity index (χ4n) is 2.04. The second-order valence-electron chi connectivity index (χ2n) is 5.05. The largest absolute Gasteiger partial charge is 0.426 e. The Kier molecular flexibility index (Phi) is 5.14. The first-order valence-corrected chi connectivity index (χ1v) is 7.00. The summed E-state index contributed by atoms with van der Waals surface area (Å²) in [5.74, 6) is 0.0235. The van der Waals surface area contributed by atoms with Crippen LogP contribution in [0.15, 0.2) is 59.6 Å².